The summed E-state index contributed by atoms with van der Waals surface area (Å²) in [6.07, 6.45) is 3.09. The Kier molecular flexibility index (Phi) is 3.01. The maximum absolute atomic E-state index is 12.6. The molecule has 3 rings (SSSR count). The number of ether oxygens (including phenoxy) is 1. The van der Waals surface area contributed by atoms with Crippen molar-refractivity contribution in [3.8, 4) is 5.75 Å². The Morgan fingerprint density at radius 1 is 1.25 bits per heavy atom. The number of carbonyl (C=O) groups is 1. The van der Waals surface area contributed by atoms with Gasteiger partial charge in [-0.3, -0.25) is 4.79 Å². The van der Waals surface area contributed by atoms with Gasteiger partial charge in [0.05, 0.1) is 28.9 Å². The molecule has 1 amide bonds. The van der Waals surface area contributed by atoms with E-state index in [9.17, 15) is 13.2 Å². The maximum atomic E-state index is 12.6. The summed E-state index contributed by atoms with van der Waals surface area (Å²) in [5, 5.41) is 2.79. The average Bonchev–Trinajstić information content (AvgIpc) is 2.85. The smallest absolute Gasteiger partial charge is 0.231 e. The standard InChI is InChI=1S/C14H17NO4S/c1-19-10-4-5-11-12(8-10)20(17,18)9-14(13(16)15-11)6-2-3-7-14/h4-5,8H,2-3,6-7,9H2,1H3,(H,15,16). The highest BCUT2D eigenvalue weighted by molar-refractivity contribution is 7.91. The molecule has 2 aliphatic rings. The molecule has 6 heteroatoms. The molecule has 0 bridgehead atoms. The second kappa shape index (κ2) is 4.48. The SMILES string of the molecule is COc1ccc2c(c1)S(=O)(=O)CC1(CCCC1)C(=O)N2. The molecule has 0 atom stereocenters. The van der Waals surface area contributed by atoms with Gasteiger partial charge in [-0.1, -0.05) is 12.8 Å². The molecular weight excluding hydrogens is 278 g/mol. The molecule has 1 aromatic carbocycles. The monoisotopic (exact) mass is 295 g/mol. The Morgan fingerprint density at radius 3 is 2.60 bits per heavy atom. The lowest BCUT2D eigenvalue weighted by Gasteiger charge is -2.23. The van der Waals surface area contributed by atoms with E-state index in [4.69, 9.17) is 4.74 Å². The first kappa shape index (κ1) is 13.4. The van der Waals surface area contributed by atoms with Gasteiger partial charge in [-0.2, -0.15) is 0 Å². The third-order valence-electron chi connectivity index (χ3n) is 4.28. The summed E-state index contributed by atoms with van der Waals surface area (Å²) in [6, 6.07) is 4.73. The van der Waals surface area contributed by atoms with Gasteiger partial charge in [-0.25, -0.2) is 8.42 Å². The normalized spacial score (nSPS) is 22.9. The number of methoxy groups -OCH3 is 1. The van der Waals surface area contributed by atoms with Gasteiger partial charge >= 0.3 is 0 Å². The van der Waals surface area contributed by atoms with E-state index in [1.54, 1.807) is 12.1 Å². The summed E-state index contributed by atoms with van der Waals surface area (Å²) in [5.74, 6) is 0.206. The number of benzene rings is 1. The van der Waals surface area contributed by atoms with Crippen LogP contribution in [0.25, 0.3) is 0 Å². The van der Waals surface area contributed by atoms with E-state index >= 15 is 0 Å². The number of hydrogen-bond acceptors (Lipinski definition) is 4. The van der Waals surface area contributed by atoms with Crippen molar-refractivity contribution in [1.82, 2.24) is 0 Å². The van der Waals surface area contributed by atoms with Crippen molar-refractivity contribution in [2.24, 2.45) is 5.41 Å². The van der Waals surface area contributed by atoms with Crippen LogP contribution in [-0.2, 0) is 14.6 Å². The van der Waals surface area contributed by atoms with E-state index < -0.39 is 15.3 Å². The number of amides is 1. The van der Waals surface area contributed by atoms with Crippen molar-refractivity contribution in [2.75, 3.05) is 18.2 Å². The van der Waals surface area contributed by atoms with Crippen molar-refractivity contribution in [1.29, 1.82) is 0 Å². The van der Waals surface area contributed by atoms with Crippen LogP contribution < -0.4 is 10.1 Å². The molecule has 1 heterocycles. The van der Waals surface area contributed by atoms with Crippen LogP contribution in [0.5, 0.6) is 5.75 Å². The molecule has 108 valence electrons. The molecule has 0 unspecified atom stereocenters. The minimum Gasteiger partial charge on any atom is -0.497 e. The van der Waals surface area contributed by atoms with Crippen LogP contribution >= 0.6 is 0 Å². The van der Waals surface area contributed by atoms with Crippen LogP contribution in [0.3, 0.4) is 0 Å². The average molecular weight is 295 g/mol. The first-order valence-electron chi connectivity index (χ1n) is 6.69. The minimum absolute atomic E-state index is 0.105. The molecule has 1 spiro atoms. The van der Waals surface area contributed by atoms with E-state index in [-0.39, 0.29) is 16.6 Å². The number of nitrogens with one attached hydrogen (secondary N) is 1. The predicted octanol–water partition coefficient (Wildman–Crippen LogP) is 1.98. The number of hydrogen-bond donors (Lipinski definition) is 1. The van der Waals surface area contributed by atoms with Crippen molar-refractivity contribution >= 4 is 21.4 Å². The molecule has 1 saturated carbocycles. The first-order chi connectivity index (χ1) is 9.47. The lowest BCUT2D eigenvalue weighted by molar-refractivity contribution is -0.124. The summed E-state index contributed by atoms with van der Waals surface area (Å²) in [5.41, 5.74) is -0.398. The van der Waals surface area contributed by atoms with Crippen LogP contribution in [0.1, 0.15) is 25.7 Å². The zero-order valence-electron chi connectivity index (χ0n) is 11.3. The van der Waals surface area contributed by atoms with Crippen LogP contribution in [0, 0.1) is 5.41 Å². The summed E-state index contributed by atoms with van der Waals surface area (Å²) >= 11 is 0. The van der Waals surface area contributed by atoms with Gasteiger partial charge in [0.25, 0.3) is 0 Å². The Bertz CT molecular complexity index is 660. The topological polar surface area (TPSA) is 72.5 Å². The predicted molar refractivity (Wildman–Crippen MR) is 74.6 cm³/mol. The zero-order valence-corrected chi connectivity index (χ0v) is 12.1. The molecule has 20 heavy (non-hydrogen) atoms. The van der Waals surface area contributed by atoms with Gasteiger partial charge in [-0.15, -0.1) is 0 Å². The Hall–Kier alpha value is -1.56. The molecule has 0 saturated heterocycles. The van der Waals surface area contributed by atoms with Crippen molar-refractivity contribution in [2.45, 2.75) is 30.6 Å². The summed E-state index contributed by atoms with van der Waals surface area (Å²) in [4.78, 5) is 12.6. The quantitative estimate of drug-likeness (QED) is 0.860. The molecule has 5 nitrogen and oxygen atoms in total. The fourth-order valence-electron chi connectivity index (χ4n) is 3.18. The molecule has 1 aliphatic carbocycles. The molecule has 1 aromatic rings. The summed E-state index contributed by atoms with van der Waals surface area (Å²) in [6.45, 7) is 0. The molecule has 1 fully saturated rings. The van der Waals surface area contributed by atoms with E-state index in [0.717, 1.165) is 12.8 Å². The Morgan fingerprint density at radius 2 is 1.95 bits per heavy atom. The fraction of sp³-hybridized carbons (Fsp3) is 0.500. The van der Waals surface area contributed by atoms with Crippen molar-refractivity contribution in [3.63, 3.8) is 0 Å². The molecule has 0 aromatic heterocycles. The van der Waals surface area contributed by atoms with Gasteiger partial charge in [0.2, 0.25) is 5.91 Å². The van der Waals surface area contributed by atoms with Crippen LogP contribution in [0.4, 0.5) is 5.69 Å². The minimum atomic E-state index is -3.50. The second-order valence-electron chi connectivity index (χ2n) is 5.56. The van der Waals surface area contributed by atoms with Crippen LogP contribution in [-0.4, -0.2) is 27.2 Å². The Balaban J connectivity index is 2.14. The number of rotatable bonds is 1. The van der Waals surface area contributed by atoms with Gasteiger partial charge in [0.1, 0.15) is 5.75 Å². The second-order valence-corrected chi connectivity index (χ2v) is 7.52. The van der Waals surface area contributed by atoms with Gasteiger partial charge in [-0.05, 0) is 25.0 Å². The third kappa shape index (κ3) is 1.98. The fourth-order valence-corrected chi connectivity index (χ4v) is 5.23. The number of anilines is 1. The highest BCUT2D eigenvalue weighted by Crippen LogP contribution is 2.44. The maximum Gasteiger partial charge on any atom is 0.231 e. The van der Waals surface area contributed by atoms with E-state index in [1.165, 1.54) is 13.2 Å². The van der Waals surface area contributed by atoms with Gasteiger partial charge < -0.3 is 10.1 Å². The summed E-state index contributed by atoms with van der Waals surface area (Å²) < 4.78 is 30.3. The number of fused-ring (bicyclic) bond motifs is 1. The summed E-state index contributed by atoms with van der Waals surface area (Å²) in [7, 11) is -2.01. The van der Waals surface area contributed by atoms with Gasteiger partial charge in [0.15, 0.2) is 9.84 Å². The van der Waals surface area contributed by atoms with E-state index in [0.29, 0.717) is 24.3 Å². The molecule has 1 N–H and O–H groups in total. The largest absolute Gasteiger partial charge is 0.497 e. The van der Waals surface area contributed by atoms with Crippen molar-refractivity contribution in [3.05, 3.63) is 18.2 Å². The highest BCUT2D eigenvalue weighted by atomic mass is 32.2. The van der Waals surface area contributed by atoms with Gasteiger partial charge in [0, 0.05) is 6.07 Å². The number of sulfone groups is 1. The lowest BCUT2D eigenvalue weighted by Crippen LogP contribution is -2.37. The van der Waals surface area contributed by atoms with Crippen LogP contribution in [0.2, 0.25) is 0 Å². The van der Waals surface area contributed by atoms with E-state index in [1.807, 2.05) is 0 Å². The van der Waals surface area contributed by atoms with Crippen LogP contribution in [0.15, 0.2) is 23.1 Å². The molecule has 0 radical (unpaired) electrons. The highest BCUT2D eigenvalue weighted by Gasteiger charge is 2.47. The van der Waals surface area contributed by atoms with Crippen molar-refractivity contribution < 1.29 is 17.9 Å². The zero-order chi connectivity index (χ0) is 14.4. The molecular formula is C14H17NO4S. The number of carbonyl (C=O) groups excluding carboxylic acids is 1. The Labute approximate surface area is 118 Å². The lowest BCUT2D eigenvalue weighted by atomic mass is 9.87. The first-order valence-corrected chi connectivity index (χ1v) is 8.34. The molecule has 1 aliphatic heterocycles. The van der Waals surface area contributed by atoms with E-state index in [2.05, 4.69) is 5.32 Å². The third-order valence-corrected chi connectivity index (χ3v) is 6.22.